The predicted molar refractivity (Wildman–Crippen MR) is 54.1 cm³/mol. The Balaban J connectivity index is 3.00. The molecule has 0 aromatic heterocycles. The lowest BCUT2D eigenvalue weighted by atomic mass is 10.2. The van der Waals surface area contributed by atoms with Gasteiger partial charge in [0, 0.05) is 0 Å². The minimum atomic E-state index is -0.630. The zero-order valence-corrected chi connectivity index (χ0v) is 8.22. The maximum atomic E-state index is 5.02. The number of rotatable bonds is 1. The van der Waals surface area contributed by atoms with Gasteiger partial charge in [-0.05, 0) is 19.1 Å². The number of thiol groups is 1. The van der Waals surface area contributed by atoms with Crippen molar-refractivity contribution in [2.75, 3.05) is 0 Å². The summed E-state index contributed by atoms with van der Waals surface area (Å²) in [5.74, 6) is -0.630. The Kier molecular flexibility index (Phi) is 2.84. The second-order valence-electron chi connectivity index (χ2n) is 2.11. The van der Waals surface area contributed by atoms with E-state index in [9.17, 15) is 0 Å². The summed E-state index contributed by atoms with van der Waals surface area (Å²) in [5, 5.41) is 1.17. The Labute approximate surface area is 72.2 Å². The van der Waals surface area contributed by atoms with Crippen LogP contribution < -0.4 is 5.30 Å². The van der Waals surface area contributed by atoms with E-state index in [0.717, 1.165) is 0 Å². The van der Waals surface area contributed by atoms with Crippen molar-refractivity contribution in [2.45, 2.75) is 6.92 Å². The van der Waals surface area contributed by atoms with Crippen LogP contribution in [0.5, 0.6) is 0 Å². The fraction of sp³-hybridized carbons (Fsp3) is 0.143. The average Bonchev–Trinajstić information content (AvgIpc) is 1.88. The van der Waals surface area contributed by atoms with Crippen LogP contribution in [0.3, 0.4) is 0 Å². The molecule has 52 valence electrons. The van der Waals surface area contributed by atoms with Crippen LogP contribution in [0.15, 0.2) is 24.3 Å². The van der Waals surface area contributed by atoms with Crippen molar-refractivity contribution >= 4 is 35.3 Å². The van der Waals surface area contributed by atoms with Crippen LogP contribution in [0.25, 0.3) is 0 Å². The first-order valence-electron chi connectivity index (χ1n) is 2.93. The van der Waals surface area contributed by atoms with Gasteiger partial charge in [0.2, 0.25) is 0 Å². The zero-order valence-electron chi connectivity index (χ0n) is 5.61. The zero-order chi connectivity index (χ0) is 7.56. The van der Waals surface area contributed by atoms with Crippen molar-refractivity contribution < 1.29 is 0 Å². The molecule has 0 heterocycles. The van der Waals surface area contributed by atoms with Crippen molar-refractivity contribution in [1.29, 1.82) is 0 Å². The predicted octanol–water partition coefficient (Wildman–Crippen LogP) is 2.41. The molecule has 10 heavy (non-hydrogen) atoms. The highest BCUT2D eigenvalue weighted by molar-refractivity contribution is 8.58. The largest absolute Gasteiger partial charge is 0.280 e. The number of benzene rings is 1. The minimum absolute atomic E-state index is 0.630. The number of aryl methyl sites for hydroxylation is 1. The average molecular weight is 187 g/mol. The van der Waals surface area contributed by atoms with Gasteiger partial charge in [0.1, 0.15) is 0 Å². The first-order chi connectivity index (χ1) is 4.70. The van der Waals surface area contributed by atoms with E-state index in [1.54, 1.807) is 0 Å². The first-order valence-corrected chi connectivity index (χ1v) is 6.44. The van der Waals surface area contributed by atoms with Gasteiger partial charge in [0.15, 0.2) is 17.1 Å². The molecule has 0 bridgehead atoms. The van der Waals surface area contributed by atoms with Crippen LogP contribution in [0.4, 0.5) is 0 Å². The molecule has 0 saturated heterocycles. The third-order valence-corrected chi connectivity index (χ3v) is 3.32. The highest BCUT2D eigenvalue weighted by Gasteiger charge is 2.05. The first kappa shape index (κ1) is 8.19. The molecule has 1 aromatic rings. The highest BCUT2D eigenvalue weighted by atomic mass is 32.9. The van der Waals surface area contributed by atoms with E-state index < -0.39 is 5.90 Å². The monoisotopic (exact) mass is 187 g/mol. The molecule has 1 unspecified atom stereocenters. The summed E-state index contributed by atoms with van der Waals surface area (Å²) in [6, 6.07) is 8.21. The van der Waals surface area contributed by atoms with Crippen molar-refractivity contribution in [1.82, 2.24) is 0 Å². The maximum absolute atomic E-state index is 5.02. The molecule has 0 N–H and O–H groups in total. The molecule has 0 aliphatic rings. The van der Waals surface area contributed by atoms with Gasteiger partial charge < -0.3 is 0 Å². The van der Waals surface area contributed by atoms with Gasteiger partial charge in [0.05, 0.1) is 12.2 Å². The molecule has 0 saturated carbocycles. The molecule has 0 spiro atoms. The van der Waals surface area contributed by atoms with Gasteiger partial charge in [-0.25, -0.2) is 0 Å². The molecule has 1 rings (SSSR count). The van der Waals surface area contributed by atoms with Crippen molar-refractivity contribution in [2.24, 2.45) is 0 Å². The van der Waals surface area contributed by atoms with E-state index in [-0.39, 0.29) is 0 Å². The molecule has 0 nitrogen and oxygen atoms in total. The molecular formula is C7H8PS2+. The molecule has 0 amide bonds. The molecule has 1 aromatic carbocycles. The van der Waals surface area contributed by atoms with Gasteiger partial charge in [-0.15, -0.1) is 0 Å². The van der Waals surface area contributed by atoms with Crippen molar-refractivity contribution in [3.05, 3.63) is 29.8 Å². The third kappa shape index (κ3) is 2.05. The Bertz CT molecular complexity index is 240. The normalized spacial score (nSPS) is 11.2. The van der Waals surface area contributed by atoms with Crippen molar-refractivity contribution in [3.63, 3.8) is 0 Å². The molecule has 1 atom stereocenters. The summed E-state index contributed by atoms with van der Waals surface area (Å²) in [6.45, 7) is 2.06. The summed E-state index contributed by atoms with van der Waals surface area (Å²) >= 11 is 9.22. The molecule has 0 fully saturated rings. The molecule has 3 heteroatoms. The molecule has 0 aliphatic carbocycles. The van der Waals surface area contributed by atoms with E-state index in [2.05, 4.69) is 31.3 Å². The summed E-state index contributed by atoms with van der Waals surface area (Å²) < 4.78 is 0. The minimum Gasteiger partial charge on any atom is -0.0549 e. The van der Waals surface area contributed by atoms with Crippen LogP contribution in [0.1, 0.15) is 5.56 Å². The van der Waals surface area contributed by atoms with E-state index in [1.807, 2.05) is 12.1 Å². The van der Waals surface area contributed by atoms with Gasteiger partial charge in [-0.3, -0.25) is 0 Å². The quantitative estimate of drug-likeness (QED) is 0.520. The Morgan fingerprint density at radius 3 is 2.20 bits per heavy atom. The fourth-order valence-corrected chi connectivity index (χ4v) is 1.84. The van der Waals surface area contributed by atoms with Crippen LogP contribution >= 0.6 is 18.1 Å². The maximum Gasteiger partial charge on any atom is 0.280 e. The smallest absolute Gasteiger partial charge is 0.0549 e. The third-order valence-electron chi connectivity index (χ3n) is 1.25. The molecular weight excluding hydrogens is 179 g/mol. The van der Waals surface area contributed by atoms with Gasteiger partial charge in [0.25, 0.3) is 5.90 Å². The lowest BCUT2D eigenvalue weighted by Gasteiger charge is -1.87. The Hall–Kier alpha value is 0.0900. The van der Waals surface area contributed by atoms with Gasteiger partial charge in [-0.1, -0.05) is 17.7 Å². The van der Waals surface area contributed by atoms with E-state index >= 15 is 0 Å². The summed E-state index contributed by atoms with van der Waals surface area (Å²) in [4.78, 5) is 0. The summed E-state index contributed by atoms with van der Waals surface area (Å²) in [7, 11) is 0. The lowest BCUT2D eigenvalue weighted by Crippen LogP contribution is -1.90. The van der Waals surface area contributed by atoms with Crippen LogP contribution in [-0.4, -0.2) is 0 Å². The topological polar surface area (TPSA) is 0 Å². The second-order valence-corrected chi connectivity index (χ2v) is 6.28. The van der Waals surface area contributed by atoms with E-state index in [0.29, 0.717) is 0 Å². The van der Waals surface area contributed by atoms with Crippen LogP contribution in [0.2, 0.25) is 0 Å². The Morgan fingerprint density at radius 2 is 1.80 bits per heavy atom. The van der Waals surface area contributed by atoms with Gasteiger partial charge >= 0.3 is 0 Å². The van der Waals surface area contributed by atoms with Crippen molar-refractivity contribution in [3.8, 4) is 0 Å². The standard InChI is InChI=1S/C7H7PS2/c1-6-2-4-7(5-3-6)8(9)10/h2-5H,1H3/p+1. The van der Waals surface area contributed by atoms with E-state index in [1.165, 1.54) is 10.9 Å². The van der Waals surface area contributed by atoms with Crippen LogP contribution in [0, 0.1) is 6.92 Å². The van der Waals surface area contributed by atoms with E-state index in [4.69, 9.17) is 11.8 Å². The molecule has 0 aliphatic heterocycles. The lowest BCUT2D eigenvalue weighted by molar-refractivity contribution is 1.49. The number of hydrogen-bond acceptors (Lipinski definition) is 1. The highest BCUT2D eigenvalue weighted by Crippen LogP contribution is 2.24. The fourth-order valence-electron chi connectivity index (χ4n) is 0.672. The Morgan fingerprint density at radius 1 is 1.30 bits per heavy atom. The van der Waals surface area contributed by atoms with Gasteiger partial charge in [-0.2, -0.15) is 0 Å². The SMILES string of the molecule is Cc1ccc([P+](=S)S)cc1. The van der Waals surface area contributed by atoms with Crippen LogP contribution in [-0.2, 0) is 11.8 Å². The summed E-state index contributed by atoms with van der Waals surface area (Å²) in [5.41, 5.74) is 1.27. The number of hydrogen-bond donors (Lipinski definition) is 1. The summed E-state index contributed by atoms with van der Waals surface area (Å²) in [6.07, 6.45) is 0. The molecule has 0 radical (unpaired) electrons. The second kappa shape index (κ2) is 3.47.